The summed E-state index contributed by atoms with van der Waals surface area (Å²) in [4.78, 5) is 17.2. The van der Waals surface area contributed by atoms with Gasteiger partial charge in [-0.2, -0.15) is 14.7 Å². The van der Waals surface area contributed by atoms with E-state index in [9.17, 15) is 18.5 Å². The molecule has 10 heteroatoms. The highest BCUT2D eigenvalue weighted by molar-refractivity contribution is 7.89. The van der Waals surface area contributed by atoms with Crippen LogP contribution in [0.4, 0.5) is 0 Å². The lowest BCUT2D eigenvalue weighted by molar-refractivity contribution is -0.121. The smallest absolute Gasteiger partial charge is 0.243 e. The van der Waals surface area contributed by atoms with Gasteiger partial charge in [-0.3, -0.25) is 4.79 Å². The van der Waals surface area contributed by atoms with Crippen LogP contribution < -0.4 is 5.32 Å². The van der Waals surface area contributed by atoms with E-state index in [-0.39, 0.29) is 17.2 Å². The third-order valence-electron chi connectivity index (χ3n) is 6.30. The molecule has 1 aromatic carbocycles. The number of sulfonamides is 1. The van der Waals surface area contributed by atoms with Gasteiger partial charge >= 0.3 is 0 Å². The maximum Gasteiger partial charge on any atom is 0.243 e. The van der Waals surface area contributed by atoms with Crippen LogP contribution >= 0.6 is 0 Å². The van der Waals surface area contributed by atoms with Gasteiger partial charge in [0.2, 0.25) is 15.9 Å². The van der Waals surface area contributed by atoms with Crippen molar-refractivity contribution in [2.45, 2.75) is 57.4 Å². The summed E-state index contributed by atoms with van der Waals surface area (Å²) in [5, 5.41) is 16.3. The molecule has 1 aliphatic heterocycles. The summed E-state index contributed by atoms with van der Waals surface area (Å²) in [6.45, 7) is 5.24. The number of amides is 1. The molecule has 1 N–H and O–H groups in total. The second kappa shape index (κ2) is 9.91. The van der Waals surface area contributed by atoms with Gasteiger partial charge in [-0.05, 0) is 56.4 Å². The van der Waals surface area contributed by atoms with Crippen LogP contribution in [0.5, 0.6) is 0 Å². The number of fused-ring (bicyclic) bond motifs is 1. The molecule has 0 unspecified atom stereocenters. The zero-order valence-electron chi connectivity index (χ0n) is 19.4. The summed E-state index contributed by atoms with van der Waals surface area (Å²) < 4.78 is 28.7. The highest BCUT2D eigenvalue weighted by atomic mass is 32.2. The van der Waals surface area contributed by atoms with Crippen molar-refractivity contribution < 1.29 is 13.2 Å². The Morgan fingerprint density at radius 3 is 2.53 bits per heavy atom. The number of nitriles is 1. The third kappa shape index (κ3) is 4.81. The number of carbonyl (C=O) groups is 1. The molecule has 0 radical (unpaired) electrons. The minimum absolute atomic E-state index is 0.109. The lowest BCUT2D eigenvalue weighted by Gasteiger charge is -2.25. The first-order chi connectivity index (χ1) is 16.3. The monoisotopic (exact) mass is 480 g/mol. The average molecular weight is 481 g/mol. The van der Waals surface area contributed by atoms with Gasteiger partial charge in [0.1, 0.15) is 11.6 Å². The molecule has 3 heterocycles. The maximum absolute atomic E-state index is 12.8. The third-order valence-corrected chi connectivity index (χ3v) is 8.21. The lowest BCUT2D eigenvalue weighted by atomic mass is 10.1. The molecule has 0 atom stereocenters. The zero-order chi connectivity index (χ0) is 24.3. The van der Waals surface area contributed by atoms with Crippen LogP contribution in [-0.2, 0) is 27.8 Å². The van der Waals surface area contributed by atoms with E-state index in [1.807, 2.05) is 13.8 Å². The van der Waals surface area contributed by atoms with Gasteiger partial charge in [-0.25, -0.2) is 17.9 Å². The Bertz CT molecular complexity index is 1350. The van der Waals surface area contributed by atoms with E-state index in [2.05, 4.69) is 21.5 Å². The first-order valence-electron chi connectivity index (χ1n) is 11.4. The normalized spacial score (nSPS) is 14.7. The summed E-state index contributed by atoms with van der Waals surface area (Å²) >= 11 is 0. The predicted molar refractivity (Wildman–Crippen MR) is 126 cm³/mol. The number of nitrogens with one attached hydrogen (secondary N) is 1. The van der Waals surface area contributed by atoms with Crippen molar-refractivity contribution in [1.29, 1.82) is 5.26 Å². The summed E-state index contributed by atoms with van der Waals surface area (Å²) in [5.74, 6) is -0.109. The molecule has 178 valence electrons. The second-order valence-corrected chi connectivity index (χ2v) is 10.5. The van der Waals surface area contributed by atoms with Crippen molar-refractivity contribution in [2.75, 3.05) is 13.1 Å². The van der Waals surface area contributed by atoms with Crippen molar-refractivity contribution in [2.24, 2.45) is 0 Å². The van der Waals surface area contributed by atoms with Crippen molar-refractivity contribution in [3.63, 3.8) is 0 Å². The van der Waals surface area contributed by atoms with Crippen molar-refractivity contribution in [3.8, 4) is 6.07 Å². The maximum atomic E-state index is 12.8. The first-order valence-corrected chi connectivity index (χ1v) is 12.8. The van der Waals surface area contributed by atoms with Crippen LogP contribution in [0.1, 0.15) is 53.8 Å². The quantitative estimate of drug-likeness (QED) is 0.555. The standard InChI is InChI=1S/C24H28N6O3S/c1-17-22(18(2)30-24(28-17)20(14-25)16-27-30)10-11-23(31)26-15-19-6-8-21(9-7-19)34(32,33)29-12-4-3-5-13-29/h6-9,16H,3-5,10-13,15H2,1-2H3,(H,26,31). The van der Waals surface area contributed by atoms with Crippen molar-refractivity contribution in [1.82, 2.24) is 24.2 Å². The summed E-state index contributed by atoms with van der Waals surface area (Å²) in [7, 11) is -3.46. The molecule has 9 nitrogen and oxygen atoms in total. The summed E-state index contributed by atoms with van der Waals surface area (Å²) in [6.07, 6.45) is 5.14. The molecule has 0 bridgehead atoms. The van der Waals surface area contributed by atoms with Crippen LogP contribution in [0.2, 0.25) is 0 Å². The molecule has 2 aromatic heterocycles. The van der Waals surface area contributed by atoms with Gasteiger partial charge in [0.05, 0.1) is 11.1 Å². The fourth-order valence-corrected chi connectivity index (χ4v) is 5.83. The molecule has 34 heavy (non-hydrogen) atoms. The molecule has 4 rings (SSSR count). The van der Waals surface area contributed by atoms with Crippen LogP contribution in [0.3, 0.4) is 0 Å². The van der Waals surface area contributed by atoms with E-state index in [0.717, 1.165) is 41.8 Å². The van der Waals surface area contributed by atoms with Crippen LogP contribution in [0.25, 0.3) is 5.65 Å². The Morgan fingerprint density at radius 2 is 1.85 bits per heavy atom. The van der Waals surface area contributed by atoms with E-state index in [0.29, 0.717) is 37.3 Å². The molecular formula is C24H28N6O3S. The predicted octanol–water partition coefficient (Wildman–Crippen LogP) is 2.64. The molecule has 1 amide bonds. The zero-order valence-corrected chi connectivity index (χ0v) is 20.2. The number of hydrogen-bond acceptors (Lipinski definition) is 6. The summed E-state index contributed by atoms with van der Waals surface area (Å²) in [5.41, 5.74) is 4.36. The lowest BCUT2D eigenvalue weighted by Crippen LogP contribution is -2.35. The number of rotatable bonds is 7. The number of carbonyl (C=O) groups excluding carboxylic acids is 1. The van der Waals surface area contributed by atoms with Gasteiger partial charge < -0.3 is 5.32 Å². The van der Waals surface area contributed by atoms with Crippen molar-refractivity contribution in [3.05, 3.63) is 58.5 Å². The molecular weight excluding hydrogens is 452 g/mol. The number of nitrogens with zero attached hydrogens (tertiary/aromatic N) is 5. The molecule has 0 saturated carbocycles. The molecule has 1 fully saturated rings. The van der Waals surface area contributed by atoms with E-state index >= 15 is 0 Å². The van der Waals surface area contributed by atoms with E-state index < -0.39 is 10.0 Å². The number of hydrogen-bond donors (Lipinski definition) is 1. The van der Waals surface area contributed by atoms with Gasteiger partial charge in [-0.1, -0.05) is 18.6 Å². The minimum atomic E-state index is -3.46. The Labute approximate surface area is 199 Å². The Morgan fingerprint density at radius 1 is 1.15 bits per heavy atom. The Hall–Kier alpha value is -3.29. The second-order valence-electron chi connectivity index (χ2n) is 8.55. The topological polar surface area (TPSA) is 120 Å². The van der Waals surface area contributed by atoms with Gasteiger partial charge in [0.15, 0.2) is 5.65 Å². The molecule has 0 aliphatic carbocycles. The van der Waals surface area contributed by atoms with Crippen molar-refractivity contribution >= 4 is 21.6 Å². The van der Waals surface area contributed by atoms with Gasteiger partial charge in [0.25, 0.3) is 0 Å². The molecule has 1 aliphatic rings. The van der Waals surface area contributed by atoms with Gasteiger partial charge in [-0.15, -0.1) is 0 Å². The Kier molecular flexibility index (Phi) is 6.95. The SMILES string of the molecule is Cc1nc2c(C#N)cnn2c(C)c1CCC(=O)NCc1ccc(S(=O)(=O)N2CCCCC2)cc1. The van der Waals surface area contributed by atoms with Crippen LogP contribution in [-0.4, -0.2) is 46.3 Å². The Balaban J connectivity index is 1.34. The first kappa shape index (κ1) is 23.9. The molecule has 1 saturated heterocycles. The van der Waals surface area contributed by atoms with E-state index in [4.69, 9.17) is 0 Å². The largest absolute Gasteiger partial charge is 0.352 e. The minimum Gasteiger partial charge on any atom is -0.352 e. The van der Waals surface area contributed by atoms with Gasteiger partial charge in [0, 0.05) is 37.4 Å². The molecule has 0 spiro atoms. The van der Waals surface area contributed by atoms with Crippen LogP contribution in [0.15, 0.2) is 35.4 Å². The molecule has 3 aromatic rings. The van der Waals surface area contributed by atoms with Crippen LogP contribution in [0, 0.1) is 25.2 Å². The van der Waals surface area contributed by atoms with E-state index in [1.165, 1.54) is 6.20 Å². The summed E-state index contributed by atoms with van der Waals surface area (Å²) in [6, 6.07) is 8.80. The van der Waals surface area contributed by atoms with E-state index in [1.54, 1.807) is 33.1 Å². The number of piperidine rings is 1. The number of benzene rings is 1. The average Bonchev–Trinajstić information content (AvgIpc) is 3.26. The highest BCUT2D eigenvalue weighted by Crippen LogP contribution is 2.21. The number of aromatic nitrogens is 3. The highest BCUT2D eigenvalue weighted by Gasteiger charge is 2.25. The fraction of sp³-hybridized carbons (Fsp3) is 0.417. The number of aryl methyl sites for hydroxylation is 2. The fourth-order valence-electron chi connectivity index (χ4n) is 4.31.